The SMILES string of the molecule is N#Cc1ccc(N)c(Sc2ncccc2Br)c1. The molecule has 2 rings (SSSR count). The largest absolute Gasteiger partial charge is 0.398 e. The van der Waals surface area contributed by atoms with E-state index in [0.717, 1.165) is 14.4 Å². The number of nitrogen functional groups attached to an aromatic ring is 1. The molecule has 0 spiro atoms. The fourth-order valence-electron chi connectivity index (χ4n) is 1.24. The number of nitrogens with zero attached hydrogens (tertiary/aromatic N) is 2. The number of nitrogens with two attached hydrogens (primary N) is 1. The minimum absolute atomic E-state index is 0.591. The van der Waals surface area contributed by atoms with Gasteiger partial charge in [0.15, 0.2) is 0 Å². The summed E-state index contributed by atoms with van der Waals surface area (Å²) >= 11 is 4.86. The highest BCUT2D eigenvalue weighted by Gasteiger charge is 2.07. The summed E-state index contributed by atoms with van der Waals surface area (Å²) in [5.74, 6) is 0. The van der Waals surface area contributed by atoms with E-state index in [2.05, 4.69) is 27.0 Å². The van der Waals surface area contributed by atoms with Crippen molar-refractivity contribution in [3.8, 4) is 6.07 Å². The maximum absolute atomic E-state index is 8.85. The zero-order chi connectivity index (χ0) is 12.3. The molecule has 84 valence electrons. The Hall–Kier alpha value is -1.51. The van der Waals surface area contributed by atoms with Crippen LogP contribution in [0.15, 0.2) is 50.9 Å². The van der Waals surface area contributed by atoms with Crippen LogP contribution in [0.25, 0.3) is 0 Å². The van der Waals surface area contributed by atoms with Gasteiger partial charge in [0.25, 0.3) is 0 Å². The Morgan fingerprint density at radius 1 is 1.35 bits per heavy atom. The number of nitriles is 1. The Morgan fingerprint density at radius 2 is 2.18 bits per heavy atom. The average molecular weight is 306 g/mol. The van der Waals surface area contributed by atoms with E-state index < -0.39 is 0 Å². The number of hydrogen-bond donors (Lipinski definition) is 1. The molecule has 0 aliphatic rings. The summed E-state index contributed by atoms with van der Waals surface area (Å²) in [5, 5.41) is 9.68. The quantitative estimate of drug-likeness (QED) is 0.863. The maximum atomic E-state index is 8.85. The topological polar surface area (TPSA) is 62.7 Å². The van der Waals surface area contributed by atoms with E-state index in [4.69, 9.17) is 11.0 Å². The molecule has 0 atom stereocenters. The van der Waals surface area contributed by atoms with E-state index in [1.807, 2.05) is 12.1 Å². The first-order valence-electron chi connectivity index (χ1n) is 4.78. The normalized spacial score (nSPS) is 9.88. The van der Waals surface area contributed by atoms with Crippen molar-refractivity contribution in [3.63, 3.8) is 0 Å². The van der Waals surface area contributed by atoms with Crippen molar-refractivity contribution in [2.45, 2.75) is 9.92 Å². The highest BCUT2D eigenvalue weighted by atomic mass is 79.9. The molecule has 3 nitrogen and oxygen atoms in total. The van der Waals surface area contributed by atoms with Gasteiger partial charge in [-0.25, -0.2) is 4.98 Å². The van der Waals surface area contributed by atoms with Gasteiger partial charge in [0.2, 0.25) is 0 Å². The molecule has 0 bridgehead atoms. The van der Waals surface area contributed by atoms with Crippen LogP contribution < -0.4 is 5.73 Å². The van der Waals surface area contributed by atoms with Crippen LogP contribution >= 0.6 is 27.7 Å². The van der Waals surface area contributed by atoms with Crippen LogP contribution in [0.5, 0.6) is 0 Å². The monoisotopic (exact) mass is 305 g/mol. The van der Waals surface area contributed by atoms with Crippen molar-refractivity contribution >= 4 is 33.4 Å². The summed E-state index contributed by atoms with van der Waals surface area (Å²) < 4.78 is 0.909. The molecular weight excluding hydrogens is 298 g/mol. The van der Waals surface area contributed by atoms with E-state index in [9.17, 15) is 0 Å². The van der Waals surface area contributed by atoms with Crippen LogP contribution in [-0.2, 0) is 0 Å². The Labute approximate surface area is 112 Å². The maximum Gasteiger partial charge on any atom is 0.115 e. The fourth-order valence-corrected chi connectivity index (χ4v) is 2.60. The molecule has 5 heteroatoms. The van der Waals surface area contributed by atoms with E-state index in [1.165, 1.54) is 11.8 Å². The van der Waals surface area contributed by atoms with Crippen LogP contribution in [0.1, 0.15) is 5.56 Å². The second-order valence-corrected chi connectivity index (χ2v) is 5.14. The van der Waals surface area contributed by atoms with Crippen LogP contribution in [-0.4, -0.2) is 4.98 Å². The fraction of sp³-hybridized carbons (Fsp3) is 0. The van der Waals surface area contributed by atoms with Crippen LogP contribution in [0.4, 0.5) is 5.69 Å². The van der Waals surface area contributed by atoms with Gasteiger partial charge >= 0.3 is 0 Å². The number of pyridine rings is 1. The summed E-state index contributed by atoms with van der Waals surface area (Å²) in [6.45, 7) is 0. The second kappa shape index (κ2) is 5.21. The molecule has 0 aliphatic heterocycles. The van der Waals surface area contributed by atoms with Gasteiger partial charge in [0, 0.05) is 16.8 Å². The predicted octanol–water partition coefficient (Wildman–Crippen LogP) is 3.45. The smallest absolute Gasteiger partial charge is 0.115 e. The van der Waals surface area contributed by atoms with Crippen LogP contribution in [0.2, 0.25) is 0 Å². The van der Waals surface area contributed by atoms with E-state index in [1.54, 1.807) is 24.4 Å². The summed E-state index contributed by atoms with van der Waals surface area (Å²) in [7, 11) is 0. The summed E-state index contributed by atoms with van der Waals surface area (Å²) in [5.41, 5.74) is 7.11. The molecule has 0 saturated heterocycles. The molecule has 0 fully saturated rings. The average Bonchev–Trinajstić information content (AvgIpc) is 2.35. The number of hydrogen-bond acceptors (Lipinski definition) is 4. The first-order valence-corrected chi connectivity index (χ1v) is 6.39. The second-order valence-electron chi connectivity index (χ2n) is 3.26. The van der Waals surface area contributed by atoms with Crippen molar-refractivity contribution in [1.82, 2.24) is 4.98 Å². The van der Waals surface area contributed by atoms with E-state index >= 15 is 0 Å². The van der Waals surface area contributed by atoms with Gasteiger partial charge in [-0.05, 0) is 46.3 Å². The highest BCUT2D eigenvalue weighted by Crippen LogP contribution is 2.35. The number of aromatic nitrogens is 1. The van der Waals surface area contributed by atoms with E-state index in [0.29, 0.717) is 11.3 Å². The molecule has 1 aromatic carbocycles. The third-order valence-corrected chi connectivity index (χ3v) is 4.07. The van der Waals surface area contributed by atoms with Gasteiger partial charge in [-0.15, -0.1) is 0 Å². The van der Waals surface area contributed by atoms with Crippen molar-refractivity contribution in [2.75, 3.05) is 5.73 Å². The Morgan fingerprint density at radius 3 is 2.88 bits per heavy atom. The number of rotatable bonds is 2. The van der Waals surface area contributed by atoms with Crippen molar-refractivity contribution in [2.24, 2.45) is 0 Å². The minimum Gasteiger partial charge on any atom is -0.398 e. The van der Waals surface area contributed by atoms with Crippen molar-refractivity contribution in [3.05, 3.63) is 46.6 Å². The van der Waals surface area contributed by atoms with Gasteiger partial charge in [0.05, 0.1) is 16.1 Å². The van der Waals surface area contributed by atoms with Crippen LogP contribution in [0, 0.1) is 11.3 Å². The number of anilines is 1. The first-order chi connectivity index (χ1) is 8.20. The third-order valence-electron chi connectivity index (χ3n) is 2.07. The Kier molecular flexibility index (Phi) is 3.67. The molecule has 17 heavy (non-hydrogen) atoms. The number of halogens is 1. The van der Waals surface area contributed by atoms with Gasteiger partial charge in [-0.2, -0.15) is 5.26 Å². The molecular formula is C12H8BrN3S. The lowest BCUT2D eigenvalue weighted by atomic mass is 10.2. The standard InChI is InChI=1S/C12H8BrN3S/c13-9-2-1-5-16-12(9)17-11-6-8(7-14)3-4-10(11)15/h1-6H,15H2. The first kappa shape index (κ1) is 12.0. The lowest BCUT2D eigenvalue weighted by Gasteiger charge is -2.06. The molecule has 0 unspecified atom stereocenters. The molecule has 0 saturated carbocycles. The van der Waals surface area contributed by atoms with Gasteiger partial charge in [-0.1, -0.05) is 11.8 Å². The van der Waals surface area contributed by atoms with Crippen LogP contribution in [0.3, 0.4) is 0 Å². The summed E-state index contributed by atoms with van der Waals surface area (Å²) in [6, 6.07) is 11.1. The van der Waals surface area contributed by atoms with Gasteiger partial charge in [-0.3, -0.25) is 0 Å². The highest BCUT2D eigenvalue weighted by molar-refractivity contribution is 9.10. The molecule has 0 amide bonds. The molecule has 2 aromatic rings. The third kappa shape index (κ3) is 2.78. The molecule has 0 aliphatic carbocycles. The molecule has 1 aromatic heterocycles. The minimum atomic E-state index is 0.591. The molecule has 2 N–H and O–H groups in total. The Bertz CT molecular complexity index is 593. The number of benzene rings is 1. The predicted molar refractivity (Wildman–Crippen MR) is 71.6 cm³/mol. The Balaban J connectivity index is 2.37. The zero-order valence-corrected chi connectivity index (χ0v) is 11.1. The lowest BCUT2D eigenvalue weighted by Crippen LogP contribution is -1.90. The van der Waals surface area contributed by atoms with Gasteiger partial charge < -0.3 is 5.73 Å². The van der Waals surface area contributed by atoms with E-state index in [-0.39, 0.29) is 0 Å². The molecule has 1 heterocycles. The zero-order valence-electron chi connectivity index (χ0n) is 8.72. The summed E-state index contributed by atoms with van der Waals surface area (Å²) in [6.07, 6.45) is 1.72. The van der Waals surface area contributed by atoms with Crippen molar-refractivity contribution < 1.29 is 0 Å². The summed E-state index contributed by atoms with van der Waals surface area (Å²) in [4.78, 5) is 5.08. The molecule has 0 radical (unpaired) electrons. The lowest BCUT2D eigenvalue weighted by molar-refractivity contribution is 1.11. The van der Waals surface area contributed by atoms with Gasteiger partial charge in [0.1, 0.15) is 5.03 Å². The van der Waals surface area contributed by atoms with Crippen molar-refractivity contribution in [1.29, 1.82) is 5.26 Å².